The number of carbonyl (C=O) groups is 2. The van der Waals surface area contributed by atoms with Gasteiger partial charge in [-0.05, 0) is 50.4 Å². The lowest BCUT2D eigenvalue weighted by Crippen LogP contribution is -2.47. The molecule has 2 bridgehead atoms. The van der Waals surface area contributed by atoms with E-state index in [0.717, 1.165) is 12.8 Å². The van der Waals surface area contributed by atoms with Crippen LogP contribution in [0.5, 0.6) is 0 Å². The van der Waals surface area contributed by atoms with E-state index in [4.69, 9.17) is 5.11 Å². The summed E-state index contributed by atoms with van der Waals surface area (Å²) in [5.74, 6) is -1.54. The third kappa shape index (κ3) is 1.14. The van der Waals surface area contributed by atoms with Crippen LogP contribution in [0.25, 0.3) is 0 Å². The van der Waals surface area contributed by atoms with E-state index >= 15 is 0 Å². The Morgan fingerprint density at radius 1 is 1.19 bits per heavy atom. The molecule has 3 aliphatic rings. The number of carboxylic acids is 1. The SMILES string of the molecule is CC1(O)CC2(C(=O)C(=O)O)CC3CC3(C1)C2. The molecule has 4 atom stereocenters. The molecular weight excluding hydrogens is 208 g/mol. The molecule has 16 heavy (non-hydrogen) atoms. The maximum Gasteiger partial charge on any atom is 0.372 e. The number of carboxylic acid groups (broad SMARTS) is 1. The Hall–Kier alpha value is -0.900. The molecule has 0 heterocycles. The lowest BCUT2D eigenvalue weighted by Gasteiger charge is -2.42. The molecule has 4 heteroatoms. The van der Waals surface area contributed by atoms with E-state index in [9.17, 15) is 14.7 Å². The number of Topliss-reactive ketones (excluding diaryl/α,β-unsaturated/α-hetero) is 1. The van der Waals surface area contributed by atoms with Crippen molar-refractivity contribution in [2.45, 2.75) is 44.6 Å². The molecule has 0 aromatic heterocycles. The molecule has 0 aliphatic heterocycles. The lowest BCUT2D eigenvalue weighted by molar-refractivity contribution is -0.158. The van der Waals surface area contributed by atoms with Crippen LogP contribution in [-0.4, -0.2) is 27.6 Å². The zero-order chi connectivity index (χ0) is 11.8. The van der Waals surface area contributed by atoms with Gasteiger partial charge in [-0.3, -0.25) is 4.79 Å². The van der Waals surface area contributed by atoms with Gasteiger partial charge < -0.3 is 10.2 Å². The number of hydrogen-bond acceptors (Lipinski definition) is 3. The molecule has 88 valence electrons. The predicted octanol–water partition coefficient (Wildman–Crippen LogP) is 0.971. The molecule has 4 unspecified atom stereocenters. The smallest absolute Gasteiger partial charge is 0.372 e. The van der Waals surface area contributed by atoms with Crippen LogP contribution in [0.3, 0.4) is 0 Å². The third-order valence-electron chi connectivity index (χ3n) is 4.81. The summed E-state index contributed by atoms with van der Waals surface area (Å²) in [6, 6.07) is 0. The van der Waals surface area contributed by atoms with E-state index in [-0.39, 0.29) is 5.41 Å². The van der Waals surface area contributed by atoms with Crippen molar-refractivity contribution in [1.29, 1.82) is 0 Å². The standard InChI is InChI=1S/C12H16O4/c1-10(16)4-11-2-7(11)3-12(5-10,6-11)8(13)9(14)15/h7,16H,2-6H2,1H3,(H,14,15). The maximum atomic E-state index is 11.8. The molecule has 0 amide bonds. The highest BCUT2D eigenvalue weighted by atomic mass is 16.4. The second kappa shape index (κ2) is 2.50. The minimum absolute atomic E-state index is 0.0901. The number of fused-ring (bicyclic) bond motifs is 1. The molecule has 3 saturated carbocycles. The second-order valence-corrected chi connectivity index (χ2v) is 6.41. The zero-order valence-electron chi connectivity index (χ0n) is 9.32. The van der Waals surface area contributed by atoms with E-state index in [1.54, 1.807) is 6.92 Å². The fraction of sp³-hybridized carbons (Fsp3) is 0.833. The fourth-order valence-electron chi connectivity index (χ4n) is 4.60. The van der Waals surface area contributed by atoms with Crippen molar-refractivity contribution in [3.8, 4) is 0 Å². The van der Waals surface area contributed by atoms with Crippen molar-refractivity contribution < 1.29 is 19.8 Å². The summed E-state index contributed by atoms with van der Waals surface area (Å²) in [5.41, 5.74) is -1.54. The first-order chi connectivity index (χ1) is 7.29. The van der Waals surface area contributed by atoms with E-state index in [2.05, 4.69) is 0 Å². The van der Waals surface area contributed by atoms with Crippen molar-refractivity contribution in [3.63, 3.8) is 0 Å². The normalized spacial score (nSPS) is 53.2. The number of aliphatic hydroxyl groups is 1. The quantitative estimate of drug-likeness (QED) is 0.685. The minimum atomic E-state index is -1.34. The van der Waals surface area contributed by atoms with Gasteiger partial charge in [0.25, 0.3) is 0 Å². The van der Waals surface area contributed by atoms with Gasteiger partial charge >= 0.3 is 5.97 Å². The summed E-state index contributed by atoms with van der Waals surface area (Å²) in [6.45, 7) is 1.73. The number of ketones is 1. The first kappa shape index (κ1) is 10.3. The van der Waals surface area contributed by atoms with Gasteiger partial charge in [0.1, 0.15) is 0 Å². The van der Waals surface area contributed by atoms with Crippen molar-refractivity contribution in [3.05, 3.63) is 0 Å². The van der Waals surface area contributed by atoms with Crippen LogP contribution in [0.1, 0.15) is 39.0 Å². The molecule has 2 N–H and O–H groups in total. The lowest BCUT2D eigenvalue weighted by atomic mass is 9.63. The summed E-state index contributed by atoms with van der Waals surface area (Å²) in [4.78, 5) is 22.7. The molecule has 0 saturated heterocycles. The highest BCUT2D eigenvalue weighted by Gasteiger charge is 2.72. The average Bonchev–Trinajstić information content (AvgIpc) is 2.64. The van der Waals surface area contributed by atoms with Gasteiger partial charge in [-0.1, -0.05) is 0 Å². The number of carbonyl (C=O) groups excluding carboxylic acids is 1. The summed E-state index contributed by atoms with van der Waals surface area (Å²) >= 11 is 0. The Morgan fingerprint density at radius 3 is 2.50 bits per heavy atom. The summed E-state index contributed by atoms with van der Waals surface area (Å²) in [7, 11) is 0. The Morgan fingerprint density at radius 2 is 1.88 bits per heavy atom. The summed E-state index contributed by atoms with van der Waals surface area (Å²) in [6.07, 6.45) is 3.49. The van der Waals surface area contributed by atoms with Crippen LogP contribution in [0.4, 0.5) is 0 Å². The van der Waals surface area contributed by atoms with Crippen molar-refractivity contribution in [1.82, 2.24) is 0 Å². The van der Waals surface area contributed by atoms with Gasteiger partial charge in [-0.15, -0.1) is 0 Å². The summed E-state index contributed by atoms with van der Waals surface area (Å²) in [5, 5.41) is 19.1. The van der Waals surface area contributed by atoms with E-state index in [0.29, 0.717) is 25.2 Å². The Bertz CT molecular complexity index is 400. The average molecular weight is 224 g/mol. The Balaban J connectivity index is 1.98. The Kier molecular flexibility index (Phi) is 1.61. The molecule has 3 fully saturated rings. The molecule has 0 aromatic carbocycles. The minimum Gasteiger partial charge on any atom is -0.475 e. The third-order valence-corrected chi connectivity index (χ3v) is 4.81. The van der Waals surface area contributed by atoms with Gasteiger partial charge in [0.15, 0.2) is 0 Å². The van der Waals surface area contributed by atoms with Gasteiger partial charge in [0.2, 0.25) is 5.78 Å². The van der Waals surface area contributed by atoms with Crippen LogP contribution in [0.15, 0.2) is 0 Å². The van der Waals surface area contributed by atoms with Crippen LogP contribution in [0.2, 0.25) is 0 Å². The number of hydrogen-bond donors (Lipinski definition) is 2. The van der Waals surface area contributed by atoms with Crippen LogP contribution >= 0.6 is 0 Å². The molecule has 0 aromatic rings. The molecular formula is C12H16O4. The zero-order valence-corrected chi connectivity index (χ0v) is 9.32. The largest absolute Gasteiger partial charge is 0.475 e. The van der Waals surface area contributed by atoms with Gasteiger partial charge in [0, 0.05) is 5.41 Å². The topological polar surface area (TPSA) is 74.6 Å². The number of aliphatic carboxylic acids is 1. The highest BCUT2D eigenvalue weighted by molar-refractivity contribution is 6.35. The Labute approximate surface area is 93.6 Å². The first-order valence-corrected chi connectivity index (χ1v) is 5.79. The van der Waals surface area contributed by atoms with Crippen LogP contribution in [-0.2, 0) is 9.59 Å². The van der Waals surface area contributed by atoms with Crippen molar-refractivity contribution in [2.24, 2.45) is 16.7 Å². The maximum absolute atomic E-state index is 11.8. The van der Waals surface area contributed by atoms with E-state index in [1.165, 1.54) is 0 Å². The van der Waals surface area contributed by atoms with Crippen molar-refractivity contribution in [2.75, 3.05) is 0 Å². The van der Waals surface area contributed by atoms with Gasteiger partial charge in [0.05, 0.1) is 5.60 Å². The van der Waals surface area contributed by atoms with Crippen molar-refractivity contribution >= 4 is 11.8 Å². The molecule has 1 spiro atoms. The molecule has 3 rings (SSSR count). The molecule has 4 nitrogen and oxygen atoms in total. The summed E-state index contributed by atoms with van der Waals surface area (Å²) < 4.78 is 0. The first-order valence-electron chi connectivity index (χ1n) is 5.79. The highest BCUT2D eigenvalue weighted by Crippen LogP contribution is 2.76. The van der Waals surface area contributed by atoms with E-state index in [1.807, 2.05) is 0 Å². The molecule has 0 radical (unpaired) electrons. The van der Waals surface area contributed by atoms with Gasteiger partial charge in [-0.25, -0.2) is 4.79 Å². The predicted molar refractivity (Wildman–Crippen MR) is 54.7 cm³/mol. The fourth-order valence-corrected chi connectivity index (χ4v) is 4.60. The van der Waals surface area contributed by atoms with Crippen LogP contribution < -0.4 is 0 Å². The number of rotatable bonds is 2. The second-order valence-electron chi connectivity index (χ2n) is 6.41. The van der Waals surface area contributed by atoms with Crippen LogP contribution in [0, 0.1) is 16.7 Å². The molecule has 3 aliphatic carbocycles. The van der Waals surface area contributed by atoms with E-state index < -0.39 is 22.8 Å². The van der Waals surface area contributed by atoms with Gasteiger partial charge in [-0.2, -0.15) is 0 Å². The monoisotopic (exact) mass is 224 g/mol.